The van der Waals surface area contributed by atoms with Crippen LogP contribution in [0.4, 0.5) is 17.1 Å². The molecule has 0 bridgehead atoms. The first-order valence-corrected chi connectivity index (χ1v) is 12.0. The molecular weight excluding hydrogens is 452 g/mol. The van der Waals surface area contributed by atoms with Gasteiger partial charge in [-0.05, 0) is 67.6 Å². The Kier molecular flexibility index (Phi) is 6.61. The zero-order chi connectivity index (χ0) is 25.1. The third-order valence-corrected chi connectivity index (χ3v) is 6.47. The largest absolute Gasteiger partial charge is 0.486 e. The first-order valence-electron chi connectivity index (χ1n) is 12.0. The van der Waals surface area contributed by atoms with Gasteiger partial charge in [-0.3, -0.25) is 9.69 Å². The van der Waals surface area contributed by atoms with Crippen molar-refractivity contribution in [2.45, 2.75) is 19.5 Å². The molecule has 7 nitrogen and oxygen atoms in total. The number of hydrogen-bond acceptors (Lipinski definition) is 6. The Balaban J connectivity index is 1.46. The molecule has 2 aliphatic rings. The fourth-order valence-electron chi connectivity index (χ4n) is 4.58. The summed E-state index contributed by atoms with van der Waals surface area (Å²) in [5, 5.41) is 12.2. The molecule has 0 spiro atoms. The van der Waals surface area contributed by atoms with E-state index in [1.54, 1.807) is 18.2 Å². The van der Waals surface area contributed by atoms with Gasteiger partial charge in [0.25, 0.3) is 5.91 Å². The van der Waals surface area contributed by atoms with Crippen LogP contribution in [0.5, 0.6) is 11.5 Å². The summed E-state index contributed by atoms with van der Waals surface area (Å²) in [5.41, 5.74) is 5.46. The number of benzene rings is 3. The van der Waals surface area contributed by atoms with E-state index in [1.165, 1.54) is 0 Å². The molecule has 2 heterocycles. The van der Waals surface area contributed by atoms with Crippen molar-refractivity contribution in [1.82, 2.24) is 4.90 Å². The summed E-state index contributed by atoms with van der Waals surface area (Å²) in [7, 11) is 2.02. The fourth-order valence-corrected chi connectivity index (χ4v) is 4.58. The first kappa shape index (κ1) is 23.5. The quantitative estimate of drug-likeness (QED) is 0.512. The molecule has 3 aromatic rings. The van der Waals surface area contributed by atoms with Gasteiger partial charge in [-0.1, -0.05) is 30.3 Å². The van der Waals surface area contributed by atoms with Crippen molar-refractivity contribution >= 4 is 29.0 Å². The van der Waals surface area contributed by atoms with Crippen molar-refractivity contribution in [3.05, 3.63) is 83.4 Å². The van der Waals surface area contributed by atoms with Gasteiger partial charge in [0.2, 0.25) is 0 Å². The highest BCUT2D eigenvalue weighted by atomic mass is 16.6. The zero-order valence-corrected chi connectivity index (χ0v) is 20.4. The predicted octanol–water partition coefficient (Wildman–Crippen LogP) is 5.36. The third-order valence-electron chi connectivity index (χ3n) is 6.47. The van der Waals surface area contributed by atoms with Crippen LogP contribution in [0.1, 0.15) is 27.9 Å². The van der Waals surface area contributed by atoms with Crippen molar-refractivity contribution in [1.29, 1.82) is 5.26 Å². The highest BCUT2D eigenvalue weighted by Gasteiger charge is 2.28. The molecular formula is C29H28N4O3. The molecule has 2 aliphatic heterocycles. The van der Waals surface area contributed by atoms with Gasteiger partial charge >= 0.3 is 0 Å². The highest BCUT2D eigenvalue weighted by Crippen LogP contribution is 2.39. The van der Waals surface area contributed by atoms with Gasteiger partial charge in [0.15, 0.2) is 11.5 Å². The molecule has 182 valence electrons. The summed E-state index contributed by atoms with van der Waals surface area (Å²) in [5.74, 6) is 1.01. The molecule has 0 aromatic heterocycles. The van der Waals surface area contributed by atoms with Crippen molar-refractivity contribution in [2.24, 2.45) is 0 Å². The Hall–Kier alpha value is -4.28. The number of carbonyl (C=O) groups excluding carboxylic acids is 1. The van der Waals surface area contributed by atoms with Gasteiger partial charge < -0.3 is 19.7 Å². The van der Waals surface area contributed by atoms with E-state index < -0.39 is 0 Å². The number of carbonyl (C=O) groups is 1. The van der Waals surface area contributed by atoms with Crippen LogP contribution in [0, 0.1) is 18.3 Å². The number of nitrogens with one attached hydrogen (secondary N) is 1. The number of nitrogens with zero attached hydrogens (tertiary/aromatic N) is 3. The summed E-state index contributed by atoms with van der Waals surface area (Å²) in [6.07, 6.45) is 4.65. The molecule has 7 heteroatoms. The van der Waals surface area contributed by atoms with Crippen LogP contribution in [0.2, 0.25) is 0 Å². The number of amides is 1. The standard InChI is InChI=1S/C29H28N4O3/c1-20-8-11-23(31-29(34)22-9-12-26-27(18-22)36-17-16-35-26)19-25(20)33-24-7-4-3-6-21(24)10-13-28(33)32(2)15-5-14-30/h3-4,6-13,18-19,28H,5,15-17H2,1-2H3,(H,31,34). The van der Waals surface area contributed by atoms with Crippen LogP contribution in [0.15, 0.2) is 66.7 Å². The molecule has 1 unspecified atom stereocenters. The number of hydrogen-bond donors (Lipinski definition) is 1. The van der Waals surface area contributed by atoms with Crippen LogP contribution < -0.4 is 19.7 Å². The summed E-state index contributed by atoms with van der Waals surface area (Å²) >= 11 is 0. The second kappa shape index (κ2) is 10.1. The second-order valence-electron chi connectivity index (χ2n) is 8.90. The van der Waals surface area contributed by atoms with Crippen molar-refractivity contribution in [3.8, 4) is 17.6 Å². The average Bonchev–Trinajstić information content (AvgIpc) is 2.92. The average molecular weight is 481 g/mol. The lowest BCUT2D eigenvalue weighted by atomic mass is 10.0. The number of para-hydroxylation sites is 1. The smallest absolute Gasteiger partial charge is 0.255 e. The fraction of sp³-hybridized carbons (Fsp3) is 0.241. The number of anilines is 3. The lowest BCUT2D eigenvalue weighted by Crippen LogP contribution is -2.45. The monoisotopic (exact) mass is 480 g/mol. The molecule has 0 fully saturated rings. The van der Waals surface area contributed by atoms with Crippen molar-refractivity contribution in [2.75, 3.05) is 37.0 Å². The molecule has 5 rings (SSSR count). The first-order chi connectivity index (χ1) is 17.5. The van der Waals surface area contributed by atoms with E-state index in [4.69, 9.17) is 14.7 Å². The van der Waals surface area contributed by atoms with Gasteiger partial charge in [-0.25, -0.2) is 0 Å². The van der Waals surface area contributed by atoms with Crippen LogP contribution >= 0.6 is 0 Å². The number of ether oxygens (including phenoxy) is 2. The molecule has 3 aromatic carbocycles. The minimum Gasteiger partial charge on any atom is -0.486 e. The van der Waals surface area contributed by atoms with Gasteiger partial charge in [0.1, 0.15) is 19.4 Å². The molecule has 1 N–H and O–H groups in total. The SMILES string of the molecule is Cc1ccc(NC(=O)c2ccc3c(c2)OCCO3)cc1N1c2ccccc2C=CC1N(C)CCC#N. The molecule has 0 radical (unpaired) electrons. The van der Waals surface area contributed by atoms with Crippen LogP contribution in [0.3, 0.4) is 0 Å². The summed E-state index contributed by atoms with van der Waals surface area (Å²) in [6.45, 7) is 3.68. The van der Waals surface area contributed by atoms with Crippen molar-refractivity contribution in [3.63, 3.8) is 0 Å². The minimum atomic E-state index is -0.219. The van der Waals surface area contributed by atoms with E-state index in [9.17, 15) is 4.79 Å². The Morgan fingerprint density at radius 3 is 2.72 bits per heavy atom. The summed E-state index contributed by atoms with van der Waals surface area (Å²) in [6, 6.07) is 21.6. The van der Waals surface area contributed by atoms with E-state index in [-0.39, 0.29) is 12.1 Å². The topological polar surface area (TPSA) is 77.8 Å². The third kappa shape index (κ3) is 4.64. The van der Waals surface area contributed by atoms with Crippen molar-refractivity contribution < 1.29 is 14.3 Å². The number of likely N-dealkylation sites (N-methyl/N-ethyl adjacent to an activating group) is 1. The Labute approximate surface area is 211 Å². The maximum atomic E-state index is 13.1. The number of nitriles is 1. The Morgan fingerprint density at radius 1 is 1.08 bits per heavy atom. The zero-order valence-electron chi connectivity index (χ0n) is 20.4. The molecule has 0 saturated heterocycles. The van der Waals surface area contributed by atoms with Gasteiger partial charge in [-0.15, -0.1) is 0 Å². The van der Waals surface area contributed by atoms with E-state index >= 15 is 0 Å². The molecule has 1 atom stereocenters. The van der Waals surface area contributed by atoms with Crippen LogP contribution in [-0.2, 0) is 0 Å². The lowest BCUT2D eigenvalue weighted by molar-refractivity contribution is 0.102. The van der Waals surface area contributed by atoms with Gasteiger partial charge in [0, 0.05) is 29.9 Å². The van der Waals surface area contributed by atoms with E-state index in [1.807, 2.05) is 37.4 Å². The molecule has 0 aliphatic carbocycles. The molecule has 0 saturated carbocycles. The van der Waals surface area contributed by atoms with Crippen LogP contribution in [-0.4, -0.2) is 43.8 Å². The normalized spacial score (nSPS) is 15.8. The predicted molar refractivity (Wildman–Crippen MR) is 141 cm³/mol. The maximum absolute atomic E-state index is 13.1. The van der Waals surface area contributed by atoms with Crippen LogP contribution in [0.25, 0.3) is 6.08 Å². The molecule has 1 amide bonds. The molecule has 36 heavy (non-hydrogen) atoms. The Bertz CT molecular complexity index is 1360. The minimum absolute atomic E-state index is 0.0734. The van der Waals surface area contributed by atoms with E-state index in [2.05, 4.69) is 52.4 Å². The number of rotatable bonds is 6. The number of fused-ring (bicyclic) bond motifs is 2. The number of aryl methyl sites for hydroxylation is 1. The van der Waals surface area contributed by atoms with Gasteiger partial charge in [-0.2, -0.15) is 5.26 Å². The summed E-state index contributed by atoms with van der Waals surface area (Å²) < 4.78 is 11.2. The van der Waals surface area contributed by atoms with E-state index in [0.29, 0.717) is 48.9 Å². The summed E-state index contributed by atoms with van der Waals surface area (Å²) in [4.78, 5) is 17.5. The highest BCUT2D eigenvalue weighted by molar-refractivity contribution is 6.05. The second-order valence-corrected chi connectivity index (χ2v) is 8.90. The van der Waals surface area contributed by atoms with Gasteiger partial charge in [0.05, 0.1) is 11.8 Å². The lowest BCUT2D eigenvalue weighted by Gasteiger charge is -2.41. The maximum Gasteiger partial charge on any atom is 0.255 e. The van der Waals surface area contributed by atoms with E-state index in [0.717, 1.165) is 22.5 Å². The Morgan fingerprint density at radius 2 is 1.89 bits per heavy atom.